The number of carbonyl (C=O) groups excluding carboxylic acids is 1. The van der Waals surface area contributed by atoms with Crippen LogP contribution in [-0.4, -0.2) is 6.03 Å². The molecule has 3 rings (SSSR count). The molecule has 0 unspecified atom stereocenters. The van der Waals surface area contributed by atoms with Crippen LogP contribution in [0.2, 0.25) is 0 Å². The maximum absolute atomic E-state index is 12.1. The van der Waals surface area contributed by atoms with Crippen LogP contribution >= 0.6 is 0 Å². The fourth-order valence-electron chi connectivity index (χ4n) is 2.56. The summed E-state index contributed by atoms with van der Waals surface area (Å²) in [4.78, 5) is 13.8. The normalized spacial score (nSPS) is 13.2. The van der Waals surface area contributed by atoms with Gasteiger partial charge in [-0.15, -0.1) is 0 Å². The number of nitrogens with zero attached hydrogens (tertiary/aromatic N) is 1. The van der Waals surface area contributed by atoms with E-state index in [2.05, 4.69) is 17.6 Å². The lowest BCUT2D eigenvalue weighted by Gasteiger charge is -2.24. The predicted octanol–water partition coefficient (Wildman–Crippen LogP) is 2.51. The van der Waals surface area contributed by atoms with Crippen LogP contribution < -0.4 is 16.2 Å². The van der Waals surface area contributed by atoms with Gasteiger partial charge in [-0.25, -0.2) is 10.6 Å². The zero-order valence-electron chi connectivity index (χ0n) is 10.5. The summed E-state index contributed by atoms with van der Waals surface area (Å²) in [7, 11) is 0. The van der Waals surface area contributed by atoms with Crippen LogP contribution in [0.25, 0.3) is 0 Å². The van der Waals surface area contributed by atoms with E-state index in [1.54, 1.807) is 4.90 Å². The van der Waals surface area contributed by atoms with Crippen molar-refractivity contribution >= 4 is 17.4 Å². The van der Waals surface area contributed by atoms with Crippen molar-refractivity contribution in [2.75, 3.05) is 4.90 Å². The number of nitrogens with one attached hydrogen (secondary N) is 1. The Morgan fingerprint density at radius 3 is 1.89 bits per heavy atom. The molecule has 4 heteroatoms. The number of hydrogen-bond acceptors (Lipinski definition) is 2. The zero-order valence-corrected chi connectivity index (χ0v) is 10.5. The van der Waals surface area contributed by atoms with Crippen LogP contribution in [0.15, 0.2) is 48.5 Å². The van der Waals surface area contributed by atoms with E-state index >= 15 is 0 Å². The summed E-state index contributed by atoms with van der Waals surface area (Å²) in [5.74, 6) is 5.33. The van der Waals surface area contributed by atoms with E-state index in [0.29, 0.717) is 0 Å². The van der Waals surface area contributed by atoms with E-state index in [1.807, 2.05) is 36.4 Å². The smallest absolute Gasteiger partial charge is 0.275 e. The molecule has 2 aromatic rings. The average Bonchev–Trinajstić information content (AvgIpc) is 2.63. The molecule has 3 N–H and O–H groups in total. The van der Waals surface area contributed by atoms with Gasteiger partial charge >= 0.3 is 6.03 Å². The lowest BCUT2D eigenvalue weighted by atomic mass is 10.0. The number of benzene rings is 2. The second-order valence-corrected chi connectivity index (χ2v) is 4.54. The molecule has 2 aromatic carbocycles. The Morgan fingerprint density at radius 1 is 0.947 bits per heavy atom. The van der Waals surface area contributed by atoms with E-state index in [0.717, 1.165) is 35.3 Å². The van der Waals surface area contributed by atoms with E-state index in [1.165, 1.54) is 0 Å². The molecule has 0 saturated carbocycles. The van der Waals surface area contributed by atoms with Crippen LogP contribution in [0.1, 0.15) is 11.1 Å². The van der Waals surface area contributed by atoms with Crippen molar-refractivity contribution in [3.8, 4) is 0 Å². The van der Waals surface area contributed by atoms with Crippen LogP contribution in [0.3, 0.4) is 0 Å². The number of amides is 2. The fourth-order valence-corrected chi connectivity index (χ4v) is 2.56. The van der Waals surface area contributed by atoms with Gasteiger partial charge in [-0.05, 0) is 36.1 Å². The maximum atomic E-state index is 12.1. The van der Waals surface area contributed by atoms with Crippen LogP contribution in [0, 0.1) is 0 Å². The van der Waals surface area contributed by atoms with E-state index < -0.39 is 0 Å². The molecule has 0 atom stereocenters. The van der Waals surface area contributed by atoms with E-state index in [-0.39, 0.29) is 6.03 Å². The summed E-state index contributed by atoms with van der Waals surface area (Å²) in [6.45, 7) is 0. The Bertz CT molecular complexity index is 577. The number of carbonyl (C=O) groups is 1. The minimum atomic E-state index is -0.318. The van der Waals surface area contributed by atoms with Crippen molar-refractivity contribution in [1.82, 2.24) is 5.43 Å². The largest absolute Gasteiger partial charge is 0.340 e. The van der Waals surface area contributed by atoms with Gasteiger partial charge in [-0.1, -0.05) is 36.4 Å². The number of anilines is 2. The maximum Gasteiger partial charge on any atom is 0.340 e. The zero-order chi connectivity index (χ0) is 13.2. The molecule has 1 aliphatic rings. The molecule has 19 heavy (non-hydrogen) atoms. The molecule has 4 nitrogen and oxygen atoms in total. The predicted molar refractivity (Wildman–Crippen MR) is 75.2 cm³/mol. The van der Waals surface area contributed by atoms with Crippen LogP contribution in [0.5, 0.6) is 0 Å². The highest BCUT2D eigenvalue weighted by atomic mass is 16.2. The molecular weight excluding hydrogens is 238 g/mol. The van der Waals surface area contributed by atoms with Gasteiger partial charge in [-0.2, -0.15) is 0 Å². The quantitative estimate of drug-likeness (QED) is 0.430. The molecule has 0 saturated heterocycles. The van der Waals surface area contributed by atoms with Gasteiger partial charge < -0.3 is 0 Å². The van der Waals surface area contributed by atoms with E-state index in [4.69, 9.17) is 5.84 Å². The van der Waals surface area contributed by atoms with Gasteiger partial charge in [0.15, 0.2) is 0 Å². The fraction of sp³-hybridized carbons (Fsp3) is 0.133. The minimum Gasteiger partial charge on any atom is -0.275 e. The first-order valence-corrected chi connectivity index (χ1v) is 6.28. The topological polar surface area (TPSA) is 58.4 Å². The third-order valence-electron chi connectivity index (χ3n) is 3.46. The van der Waals surface area contributed by atoms with Crippen molar-refractivity contribution < 1.29 is 4.79 Å². The summed E-state index contributed by atoms with van der Waals surface area (Å²) >= 11 is 0. The third kappa shape index (κ3) is 1.96. The first-order valence-electron chi connectivity index (χ1n) is 6.28. The van der Waals surface area contributed by atoms with Crippen LogP contribution in [-0.2, 0) is 12.8 Å². The number of hydrazine groups is 1. The monoisotopic (exact) mass is 253 g/mol. The Balaban J connectivity index is 2.22. The molecule has 0 spiro atoms. The molecule has 0 fully saturated rings. The first-order chi connectivity index (χ1) is 9.31. The highest BCUT2D eigenvalue weighted by molar-refractivity contribution is 6.01. The molecule has 1 heterocycles. The second kappa shape index (κ2) is 4.74. The minimum absolute atomic E-state index is 0.318. The van der Waals surface area contributed by atoms with Crippen molar-refractivity contribution in [1.29, 1.82) is 0 Å². The summed E-state index contributed by atoms with van der Waals surface area (Å²) in [6, 6.07) is 15.5. The van der Waals surface area contributed by atoms with Gasteiger partial charge in [-0.3, -0.25) is 10.3 Å². The Hall–Kier alpha value is -2.33. The van der Waals surface area contributed by atoms with Gasteiger partial charge in [0.2, 0.25) is 0 Å². The second-order valence-electron chi connectivity index (χ2n) is 4.54. The lowest BCUT2D eigenvalue weighted by molar-refractivity contribution is 0.249. The van der Waals surface area contributed by atoms with Gasteiger partial charge in [0, 0.05) is 0 Å². The third-order valence-corrected chi connectivity index (χ3v) is 3.46. The number of nitrogens with two attached hydrogens (primary N) is 1. The molecular formula is C15H15N3O. The van der Waals surface area contributed by atoms with Gasteiger partial charge in [0.05, 0.1) is 11.4 Å². The summed E-state index contributed by atoms with van der Waals surface area (Å²) in [5.41, 5.74) is 6.34. The van der Waals surface area contributed by atoms with E-state index in [9.17, 15) is 4.79 Å². The van der Waals surface area contributed by atoms with Gasteiger partial charge in [0.1, 0.15) is 0 Å². The number of aryl methyl sites for hydroxylation is 2. The SMILES string of the molecule is NNC(=O)N1c2ccccc2CCc2ccccc21. The van der Waals surface area contributed by atoms with Crippen LogP contribution in [0.4, 0.5) is 16.2 Å². The number of para-hydroxylation sites is 2. The number of rotatable bonds is 0. The Labute approximate surface area is 111 Å². The average molecular weight is 253 g/mol. The number of urea groups is 1. The summed E-state index contributed by atoms with van der Waals surface area (Å²) < 4.78 is 0. The molecule has 2 amide bonds. The first kappa shape index (κ1) is 11.7. The standard InChI is InChI=1S/C15H15N3O/c16-17-15(19)18-13-7-3-1-5-11(13)9-10-12-6-2-4-8-14(12)18/h1-8H,9-10,16H2,(H,17,19). The Morgan fingerprint density at radius 2 is 1.42 bits per heavy atom. The molecule has 1 aliphatic heterocycles. The molecule has 0 aliphatic carbocycles. The van der Waals surface area contributed by atoms with Crippen molar-refractivity contribution in [2.45, 2.75) is 12.8 Å². The van der Waals surface area contributed by atoms with Crippen molar-refractivity contribution in [3.63, 3.8) is 0 Å². The summed E-state index contributed by atoms with van der Waals surface area (Å²) in [6.07, 6.45) is 1.84. The highest BCUT2D eigenvalue weighted by Crippen LogP contribution is 2.35. The van der Waals surface area contributed by atoms with Crippen molar-refractivity contribution in [3.05, 3.63) is 59.7 Å². The molecule has 0 bridgehead atoms. The summed E-state index contributed by atoms with van der Waals surface area (Å²) in [5, 5.41) is 0. The highest BCUT2D eigenvalue weighted by Gasteiger charge is 2.24. The van der Waals surface area contributed by atoms with Gasteiger partial charge in [0.25, 0.3) is 0 Å². The molecule has 0 radical (unpaired) electrons. The number of hydrogen-bond donors (Lipinski definition) is 2. The number of fused-ring (bicyclic) bond motifs is 2. The van der Waals surface area contributed by atoms with Crippen molar-refractivity contribution in [2.24, 2.45) is 5.84 Å². The lowest BCUT2D eigenvalue weighted by Crippen LogP contribution is -2.41. The molecule has 96 valence electrons. The molecule has 0 aromatic heterocycles. The Kier molecular flexibility index (Phi) is 2.93.